The van der Waals surface area contributed by atoms with Crippen molar-refractivity contribution in [2.24, 2.45) is 0 Å². The van der Waals surface area contributed by atoms with Crippen molar-refractivity contribution in [1.82, 2.24) is 25.1 Å². The third-order valence-corrected chi connectivity index (χ3v) is 7.26. The van der Waals surface area contributed by atoms with Gasteiger partial charge in [-0.2, -0.15) is 5.10 Å². The molecule has 2 aromatic carbocycles. The highest BCUT2D eigenvalue weighted by Crippen LogP contribution is 2.38. The van der Waals surface area contributed by atoms with Crippen molar-refractivity contribution >= 4 is 54.7 Å². The van der Waals surface area contributed by atoms with E-state index in [1.807, 2.05) is 30.9 Å². The monoisotopic (exact) mass is 477 g/mol. The van der Waals surface area contributed by atoms with Gasteiger partial charge in [0.15, 0.2) is 16.6 Å². The lowest BCUT2D eigenvalue weighted by atomic mass is 10.1. The van der Waals surface area contributed by atoms with E-state index in [4.69, 9.17) is 0 Å². The molecule has 11 heteroatoms. The highest BCUT2D eigenvalue weighted by molar-refractivity contribution is 7.93. The number of fused-ring (bicyclic) bond motifs is 1. The van der Waals surface area contributed by atoms with Crippen LogP contribution in [0.2, 0.25) is 0 Å². The number of sulfonamides is 1. The summed E-state index contributed by atoms with van der Waals surface area (Å²) in [5, 5.41) is 9.75. The van der Waals surface area contributed by atoms with Crippen LogP contribution >= 0.6 is 11.3 Å². The summed E-state index contributed by atoms with van der Waals surface area (Å²) in [5.74, 6) is 0.636. The van der Waals surface area contributed by atoms with Crippen LogP contribution in [-0.4, -0.2) is 33.6 Å². The Morgan fingerprint density at radius 3 is 2.58 bits per heavy atom. The van der Waals surface area contributed by atoms with E-state index in [1.54, 1.807) is 42.0 Å². The zero-order valence-corrected chi connectivity index (χ0v) is 19.4. The largest absolute Gasteiger partial charge is 0.294 e. The molecule has 166 valence electrons. The average molecular weight is 478 g/mol. The average Bonchev–Trinajstić information content (AvgIpc) is 3.48. The van der Waals surface area contributed by atoms with E-state index in [9.17, 15) is 8.42 Å². The summed E-state index contributed by atoms with van der Waals surface area (Å²) < 4.78 is 28.0. The number of thiazole rings is 1. The minimum absolute atomic E-state index is 0.137. The normalized spacial score (nSPS) is 11.6. The van der Waals surface area contributed by atoms with E-state index >= 15 is 0 Å². The van der Waals surface area contributed by atoms with Crippen molar-refractivity contribution in [2.45, 2.75) is 18.7 Å². The molecular weight excluding hydrogens is 458 g/mol. The molecule has 0 aliphatic carbocycles. The number of hydrogen-bond donors (Lipinski definition) is 2. The molecule has 0 saturated heterocycles. The molecular formula is C22H19N7O2S2. The third-order valence-electron chi connectivity index (χ3n) is 5.09. The lowest BCUT2D eigenvalue weighted by molar-refractivity contribution is 0.601. The van der Waals surface area contributed by atoms with Crippen LogP contribution in [-0.2, 0) is 10.0 Å². The summed E-state index contributed by atoms with van der Waals surface area (Å²) in [4.78, 5) is 14.9. The van der Waals surface area contributed by atoms with Gasteiger partial charge < -0.3 is 0 Å². The van der Waals surface area contributed by atoms with Crippen LogP contribution in [0.4, 0.5) is 22.3 Å². The summed E-state index contributed by atoms with van der Waals surface area (Å²) in [7, 11) is -3.76. The van der Waals surface area contributed by atoms with Gasteiger partial charge in [0.2, 0.25) is 0 Å². The first-order valence-corrected chi connectivity index (χ1v) is 12.3. The van der Waals surface area contributed by atoms with E-state index in [1.165, 1.54) is 17.7 Å². The lowest BCUT2D eigenvalue weighted by Crippen LogP contribution is -2.15. The van der Waals surface area contributed by atoms with Crippen LogP contribution in [0, 0.1) is 13.8 Å². The second-order valence-corrected chi connectivity index (χ2v) is 9.97. The van der Waals surface area contributed by atoms with E-state index < -0.39 is 10.0 Å². The number of anilines is 4. The van der Waals surface area contributed by atoms with Gasteiger partial charge in [-0.25, -0.2) is 23.4 Å². The number of H-pyrrole nitrogens is 1. The van der Waals surface area contributed by atoms with E-state index in [0.717, 1.165) is 27.9 Å². The van der Waals surface area contributed by atoms with Gasteiger partial charge in [-0.1, -0.05) is 17.7 Å². The molecule has 0 bridgehead atoms. The Bertz CT molecular complexity index is 1530. The maximum atomic E-state index is 12.8. The molecule has 3 aromatic heterocycles. The minimum Gasteiger partial charge on any atom is -0.294 e. The molecule has 5 rings (SSSR count). The molecule has 0 aliphatic heterocycles. The van der Waals surface area contributed by atoms with Gasteiger partial charge >= 0.3 is 0 Å². The Kier molecular flexibility index (Phi) is 5.27. The van der Waals surface area contributed by atoms with Crippen LogP contribution in [0.25, 0.3) is 11.0 Å². The van der Waals surface area contributed by atoms with Crippen molar-refractivity contribution in [1.29, 1.82) is 0 Å². The first-order valence-electron chi connectivity index (χ1n) is 9.96. The fraction of sp³-hybridized carbons (Fsp3) is 0.0909. The van der Waals surface area contributed by atoms with Crippen LogP contribution in [0.1, 0.15) is 11.1 Å². The van der Waals surface area contributed by atoms with Gasteiger partial charge in [-0.3, -0.25) is 14.7 Å². The summed E-state index contributed by atoms with van der Waals surface area (Å²) in [6, 6.07) is 12.8. The number of benzene rings is 2. The van der Waals surface area contributed by atoms with Crippen molar-refractivity contribution < 1.29 is 8.42 Å². The van der Waals surface area contributed by atoms with Gasteiger partial charge in [0.05, 0.1) is 22.2 Å². The molecule has 0 amide bonds. The Morgan fingerprint density at radius 2 is 1.85 bits per heavy atom. The predicted molar refractivity (Wildman–Crippen MR) is 129 cm³/mol. The smallest absolute Gasteiger partial charge is 0.263 e. The van der Waals surface area contributed by atoms with Crippen LogP contribution < -0.4 is 9.62 Å². The topological polar surface area (TPSA) is 117 Å². The number of nitrogens with one attached hydrogen (secondary N) is 2. The molecule has 0 atom stereocenters. The van der Waals surface area contributed by atoms with Gasteiger partial charge in [-0.05, 0) is 49.7 Å². The van der Waals surface area contributed by atoms with Crippen molar-refractivity contribution in [3.8, 4) is 0 Å². The predicted octanol–water partition coefficient (Wildman–Crippen LogP) is 4.70. The molecule has 0 fully saturated rings. The molecule has 0 saturated carbocycles. The van der Waals surface area contributed by atoms with Gasteiger partial charge in [-0.15, -0.1) is 11.3 Å². The minimum atomic E-state index is -3.76. The number of nitrogens with zero attached hydrogens (tertiary/aromatic N) is 5. The SMILES string of the molecule is Cc1ccc(N(c2ccc(S(=O)(=O)Nc3nccs3)cc2)c2ncnc3[nH]ncc23)c(C)c1. The first-order chi connectivity index (χ1) is 15.9. The lowest BCUT2D eigenvalue weighted by Gasteiger charge is -2.26. The summed E-state index contributed by atoms with van der Waals surface area (Å²) in [6.45, 7) is 4.06. The Morgan fingerprint density at radius 1 is 1.03 bits per heavy atom. The standard InChI is InChI=1S/C22H19N7O2S2/c1-14-3-8-19(15(2)11-14)29(21-18-12-26-27-20(18)24-13-25-21)16-4-6-17(7-5-16)33(30,31)28-22-23-9-10-32-22/h3-13H,1-2H3,(H,23,28)(H,24,25,26,27). The number of aryl methyl sites for hydroxylation is 2. The Labute approximate surface area is 194 Å². The fourth-order valence-electron chi connectivity index (χ4n) is 3.58. The molecule has 0 spiro atoms. The van der Waals surface area contributed by atoms with Gasteiger partial charge in [0.25, 0.3) is 10.0 Å². The van der Waals surface area contributed by atoms with Crippen LogP contribution in [0.15, 0.2) is 71.5 Å². The van der Waals surface area contributed by atoms with Gasteiger partial charge in [0, 0.05) is 17.3 Å². The summed E-state index contributed by atoms with van der Waals surface area (Å²) in [5.41, 5.74) is 4.46. The Balaban J connectivity index is 1.61. The van der Waals surface area contributed by atoms with Crippen molar-refractivity contribution in [2.75, 3.05) is 9.62 Å². The molecule has 0 radical (unpaired) electrons. The highest BCUT2D eigenvalue weighted by atomic mass is 32.2. The maximum absolute atomic E-state index is 12.8. The molecule has 5 aromatic rings. The molecule has 0 aliphatic rings. The Hall–Kier alpha value is -3.83. The van der Waals surface area contributed by atoms with Crippen LogP contribution in [0.3, 0.4) is 0 Å². The maximum Gasteiger partial charge on any atom is 0.263 e. The first kappa shape index (κ1) is 21.0. The molecule has 0 unspecified atom stereocenters. The highest BCUT2D eigenvalue weighted by Gasteiger charge is 2.21. The number of aromatic nitrogens is 5. The summed E-state index contributed by atoms with van der Waals surface area (Å²) >= 11 is 1.22. The molecule has 2 N–H and O–H groups in total. The van der Waals surface area contributed by atoms with E-state index in [-0.39, 0.29) is 4.90 Å². The number of rotatable bonds is 6. The number of hydrogen-bond acceptors (Lipinski definition) is 8. The zero-order chi connectivity index (χ0) is 23.0. The van der Waals surface area contributed by atoms with Gasteiger partial charge in [0.1, 0.15) is 6.33 Å². The van der Waals surface area contributed by atoms with Crippen molar-refractivity contribution in [3.63, 3.8) is 0 Å². The summed E-state index contributed by atoms with van der Waals surface area (Å²) in [6.07, 6.45) is 4.70. The fourth-order valence-corrected chi connectivity index (χ4v) is 5.37. The molecule has 9 nitrogen and oxygen atoms in total. The van der Waals surface area contributed by atoms with E-state index in [2.05, 4.69) is 35.9 Å². The zero-order valence-electron chi connectivity index (χ0n) is 17.7. The van der Waals surface area contributed by atoms with Crippen LogP contribution in [0.5, 0.6) is 0 Å². The molecule has 33 heavy (non-hydrogen) atoms. The van der Waals surface area contributed by atoms with Crippen molar-refractivity contribution in [3.05, 3.63) is 77.7 Å². The third kappa shape index (κ3) is 4.03. The number of aromatic amines is 1. The second-order valence-electron chi connectivity index (χ2n) is 7.39. The second kappa shape index (κ2) is 8.26. The quantitative estimate of drug-likeness (QED) is 0.364. The van der Waals surface area contributed by atoms with E-state index in [0.29, 0.717) is 16.6 Å². The molecule has 3 heterocycles.